The third kappa shape index (κ3) is 3.17. The summed E-state index contributed by atoms with van der Waals surface area (Å²) >= 11 is 1.55. The zero-order valence-corrected chi connectivity index (χ0v) is 12.2. The average molecular weight is 299 g/mol. The Morgan fingerprint density at radius 1 is 1.33 bits per heavy atom. The smallest absolute Gasteiger partial charge is 0.236 e. The van der Waals surface area contributed by atoms with E-state index in [-0.39, 0.29) is 12.3 Å². The summed E-state index contributed by atoms with van der Waals surface area (Å²) in [5, 5.41) is 4.69. The monoisotopic (exact) mass is 299 g/mol. The van der Waals surface area contributed by atoms with Gasteiger partial charge in [0.05, 0.1) is 17.0 Å². The molecule has 0 aliphatic rings. The first-order valence-corrected chi connectivity index (χ1v) is 7.31. The first-order chi connectivity index (χ1) is 10.2. The van der Waals surface area contributed by atoms with Crippen molar-refractivity contribution >= 4 is 23.1 Å². The Kier molecular flexibility index (Phi) is 3.79. The summed E-state index contributed by atoms with van der Waals surface area (Å²) in [4.78, 5) is 21.4. The molecule has 21 heavy (non-hydrogen) atoms. The molecule has 3 aromatic rings. The number of carbonyl (C=O) groups excluding carboxylic acids is 1. The molecule has 0 fully saturated rings. The molecule has 0 saturated heterocycles. The van der Waals surface area contributed by atoms with Crippen LogP contribution in [0.2, 0.25) is 0 Å². The maximum absolute atomic E-state index is 12.0. The molecule has 0 aliphatic heterocycles. The molecule has 0 saturated carbocycles. The van der Waals surface area contributed by atoms with Crippen molar-refractivity contribution in [2.24, 2.45) is 0 Å². The number of rotatable bonds is 4. The summed E-state index contributed by atoms with van der Waals surface area (Å²) in [6, 6.07) is 9.23. The second-order valence-corrected chi connectivity index (χ2v) is 5.39. The number of aromatic nitrogens is 2. The fourth-order valence-corrected chi connectivity index (χ4v) is 2.52. The van der Waals surface area contributed by atoms with Crippen LogP contribution in [-0.4, -0.2) is 15.9 Å². The maximum atomic E-state index is 12.0. The van der Waals surface area contributed by atoms with Crippen molar-refractivity contribution in [3.05, 3.63) is 53.4 Å². The lowest BCUT2D eigenvalue weighted by Gasteiger charge is -2.02. The van der Waals surface area contributed by atoms with Crippen LogP contribution in [-0.2, 0) is 11.2 Å². The molecule has 3 heterocycles. The number of aryl methyl sites for hydroxylation is 1. The van der Waals surface area contributed by atoms with E-state index in [1.807, 2.05) is 30.5 Å². The lowest BCUT2D eigenvalue weighted by Crippen LogP contribution is -2.15. The van der Waals surface area contributed by atoms with E-state index < -0.39 is 0 Å². The lowest BCUT2D eigenvalue weighted by molar-refractivity contribution is -0.115. The van der Waals surface area contributed by atoms with Crippen LogP contribution >= 0.6 is 11.3 Å². The summed E-state index contributed by atoms with van der Waals surface area (Å²) < 4.78 is 5.61. The zero-order chi connectivity index (χ0) is 14.7. The van der Waals surface area contributed by atoms with Gasteiger partial charge in [-0.15, -0.1) is 11.3 Å². The van der Waals surface area contributed by atoms with Crippen molar-refractivity contribution in [1.29, 1.82) is 0 Å². The molecule has 3 aromatic heterocycles. The number of pyridine rings is 1. The van der Waals surface area contributed by atoms with E-state index in [1.165, 1.54) is 0 Å². The van der Waals surface area contributed by atoms with E-state index in [0.29, 0.717) is 23.2 Å². The fourth-order valence-electron chi connectivity index (χ4n) is 1.87. The third-order valence-electron chi connectivity index (χ3n) is 2.89. The summed E-state index contributed by atoms with van der Waals surface area (Å²) in [5.41, 5.74) is 0.645. The Morgan fingerprint density at radius 3 is 2.95 bits per heavy atom. The van der Waals surface area contributed by atoms with Crippen molar-refractivity contribution in [2.45, 2.75) is 13.3 Å². The molecular weight excluding hydrogens is 286 g/mol. The molecule has 0 aromatic carbocycles. The van der Waals surface area contributed by atoms with E-state index in [2.05, 4.69) is 15.3 Å². The largest absolute Gasteiger partial charge is 0.440 e. The molecule has 0 unspecified atom stereocenters. The third-order valence-corrected chi connectivity index (χ3v) is 3.74. The van der Waals surface area contributed by atoms with Crippen LogP contribution in [0, 0.1) is 6.92 Å². The first-order valence-electron chi connectivity index (χ1n) is 6.43. The Labute approximate surface area is 125 Å². The molecule has 106 valence electrons. The molecule has 0 spiro atoms. The number of nitrogens with one attached hydrogen (secondary N) is 1. The van der Waals surface area contributed by atoms with Gasteiger partial charge in [-0.25, -0.2) is 9.97 Å². The van der Waals surface area contributed by atoms with Crippen LogP contribution in [0.4, 0.5) is 5.82 Å². The molecule has 3 rings (SSSR count). The quantitative estimate of drug-likeness (QED) is 0.802. The van der Waals surface area contributed by atoms with Crippen molar-refractivity contribution in [3.63, 3.8) is 0 Å². The normalized spacial score (nSPS) is 10.5. The van der Waals surface area contributed by atoms with Gasteiger partial charge in [-0.05, 0) is 30.5 Å². The number of anilines is 1. The Bertz CT molecular complexity index is 736. The van der Waals surface area contributed by atoms with Crippen LogP contribution < -0.4 is 5.32 Å². The number of nitrogens with zero attached hydrogens (tertiary/aromatic N) is 2. The van der Waals surface area contributed by atoms with Gasteiger partial charge in [0.25, 0.3) is 0 Å². The molecule has 6 heteroatoms. The van der Waals surface area contributed by atoms with Gasteiger partial charge in [-0.2, -0.15) is 0 Å². The van der Waals surface area contributed by atoms with Crippen molar-refractivity contribution in [3.8, 4) is 10.8 Å². The minimum absolute atomic E-state index is 0.164. The molecule has 0 aliphatic carbocycles. The maximum Gasteiger partial charge on any atom is 0.236 e. The van der Waals surface area contributed by atoms with Crippen molar-refractivity contribution < 1.29 is 9.21 Å². The molecule has 0 atom stereocenters. The van der Waals surface area contributed by atoms with Crippen molar-refractivity contribution in [2.75, 3.05) is 5.32 Å². The van der Waals surface area contributed by atoms with E-state index in [9.17, 15) is 4.79 Å². The SMILES string of the molecule is Cc1oc(-c2cccs2)nc1CC(=O)Nc1ccccn1. The summed E-state index contributed by atoms with van der Waals surface area (Å²) in [6.07, 6.45) is 1.79. The van der Waals surface area contributed by atoms with Gasteiger partial charge in [0.1, 0.15) is 11.6 Å². The Hall–Kier alpha value is -2.47. The lowest BCUT2D eigenvalue weighted by atomic mass is 10.2. The zero-order valence-electron chi connectivity index (χ0n) is 11.4. The molecule has 1 N–H and O–H groups in total. The standard InChI is InChI=1S/C15H13N3O2S/c1-10-11(17-15(20-10)12-5-4-8-21-12)9-14(19)18-13-6-2-3-7-16-13/h2-8H,9H2,1H3,(H,16,18,19). The first kappa shape index (κ1) is 13.5. The Morgan fingerprint density at radius 2 is 2.24 bits per heavy atom. The highest BCUT2D eigenvalue weighted by Crippen LogP contribution is 2.26. The summed E-state index contributed by atoms with van der Waals surface area (Å²) in [5.74, 6) is 1.59. The van der Waals surface area contributed by atoms with Gasteiger partial charge in [-0.3, -0.25) is 4.79 Å². The molecule has 0 radical (unpaired) electrons. The predicted molar refractivity (Wildman–Crippen MR) is 81.1 cm³/mol. The average Bonchev–Trinajstić information content (AvgIpc) is 3.10. The highest BCUT2D eigenvalue weighted by Gasteiger charge is 2.15. The van der Waals surface area contributed by atoms with Crippen LogP contribution in [0.15, 0.2) is 46.3 Å². The van der Waals surface area contributed by atoms with E-state index >= 15 is 0 Å². The van der Waals surface area contributed by atoms with Crippen molar-refractivity contribution in [1.82, 2.24) is 9.97 Å². The highest BCUT2D eigenvalue weighted by atomic mass is 32.1. The second-order valence-electron chi connectivity index (χ2n) is 4.44. The van der Waals surface area contributed by atoms with Crippen LogP contribution in [0.5, 0.6) is 0 Å². The van der Waals surface area contributed by atoms with Gasteiger partial charge in [0.15, 0.2) is 0 Å². The van der Waals surface area contributed by atoms with Gasteiger partial charge in [0, 0.05) is 6.20 Å². The van der Waals surface area contributed by atoms with Gasteiger partial charge in [-0.1, -0.05) is 12.1 Å². The predicted octanol–water partition coefficient (Wildman–Crippen LogP) is 3.29. The number of thiophene rings is 1. The van der Waals surface area contributed by atoms with E-state index in [0.717, 1.165) is 4.88 Å². The fraction of sp³-hybridized carbons (Fsp3) is 0.133. The van der Waals surface area contributed by atoms with Gasteiger partial charge in [0.2, 0.25) is 11.8 Å². The summed E-state index contributed by atoms with van der Waals surface area (Å²) in [6.45, 7) is 1.81. The molecular formula is C15H13N3O2S. The minimum Gasteiger partial charge on any atom is -0.440 e. The summed E-state index contributed by atoms with van der Waals surface area (Å²) in [7, 11) is 0. The number of carbonyl (C=O) groups is 1. The van der Waals surface area contributed by atoms with Gasteiger partial charge < -0.3 is 9.73 Å². The number of hydrogen-bond acceptors (Lipinski definition) is 5. The van der Waals surface area contributed by atoms with E-state index in [1.54, 1.807) is 29.7 Å². The molecule has 0 bridgehead atoms. The van der Waals surface area contributed by atoms with Crippen LogP contribution in [0.3, 0.4) is 0 Å². The van der Waals surface area contributed by atoms with Crippen LogP contribution in [0.25, 0.3) is 10.8 Å². The molecule has 5 nitrogen and oxygen atoms in total. The topological polar surface area (TPSA) is 68.0 Å². The van der Waals surface area contributed by atoms with E-state index in [4.69, 9.17) is 4.42 Å². The molecule has 1 amide bonds. The number of amides is 1. The minimum atomic E-state index is -0.164. The number of hydrogen-bond donors (Lipinski definition) is 1. The number of oxazole rings is 1. The second kappa shape index (κ2) is 5.88. The Balaban J connectivity index is 1.72. The highest BCUT2D eigenvalue weighted by molar-refractivity contribution is 7.13. The van der Waals surface area contributed by atoms with Crippen LogP contribution in [0.1, 0.15) is 11.5 Å². The van der Waals surface area contributed by atoms with Gasteiger partial charge >= 0.3 is 0 Å².